The molecule has 0 radical (unpaired) electrons. The van der Waals surface area contributed by atoms with Crippen LogP contribution in [0.1, 0.15) is 11.4 Å². The Kier molecular flexibility index (Phi) is 2.90. The van der Waals surface area contributed by atoms with Gasteiger partial charge in [0.2, 0.25) is 0 Å². The average molecular weight is 266 g/mol. The number of aryl methyl sites for hydroxylation is 2. The lowest BCUT2D eigenvalue weighted by atomic mass is 10.1. The fourth-order valence-electron chi connectivity index (χ4n) is 1.96. The van der Waals surface area contributed by atoms with Crippen molar-refractivity contribution in [2.45, 2.75) is 13.8 Å². The molecule has 1 aromatic carbocycles. The maximum atomic E-state index is 5.67. The van der Waals surface area contributed by atoms with Crippen LogP contribution in [0.5, 0.6) is 0 Å². The van der Waals surface area contributed by atoms with Crippen molar-refractivity contribution in [3.8, 4) is 17.2 Å². The summed E-state index contributed by atoms with van der Waals surface area (Å²) in [5, 5.41) is 8.22. The fourth-order valence-corrected chi connectivity index (χ4v) is 1.96. The summed E-state index contributed by atoms with van der Waals surface area (Å²) in [6.07, 6.45) is 1.81. The Morgan fingerprint density at radius 1 is 1.00 bits per heavy atom. The SMILES string of the molecule is Cc1cc(C)nc(-n2cc(-c3ccc(N)cc3)nn2)n1. The van der Waals surface area contributed by atoms with E-state index in [-0.39, 0.29) is 0 Å². The number of benzene rings is 1. The standard InChI is InChI=1S/C14H14N6/c1-9-7-10(2)17-14(16-9)20-8-13(18-19-20)11-3-5-12(15)6-4-11/h3-8H,15H2,1-2H3. The van der Waals surface area contributed by atoms with Crippen LogP contribution in [0, 0.1) is 13.8 Å². The first-order valence-corrected chi connectivity index (χ1v) is 6.23. The molecule has 0 aliphatic rings. The maximum Gasteiger partial charge on any atom is 0.252 e. The van der Waals surface area contributed by atoms with Gasteiger partial charge in [-0.1, -0.05) is 17.3 Å². The highest BCUT2D eigenvalue weighted by Gasteiger charge is 2.08. The van der Waals surface area contributed by atoms with Crippen LogP contribution in [0.4, 0.5) is 5.69 Å². The van der Waals surface area contributed by atoms with Gasteiger partial charge in [-0.05, 0) is 32.0 Å². The Balaban J connectivity index is 1.99. The lowest BCUT2D eigenvalue weighted by Crippen LogP contribution is -2.04. The molecule has 3 rings (SSSR count). The Bertz CT molecular complexity index is 724. The first-order valence-electron chi connectivity index (χ1n) is 6.23. The van der Waals surface area contributed by atoms with Gasteiger partial charge in [-0.3, -0.25) is 0 Å². The van der Waals surface area contributed by atoms with Crippen molar-refractivity contribution in [1.82, 2.24) is 25.0 Å². The molecule has 0 saturated carbocycles. The Hall–Kier alpha value is -2.76. The summed E-state index contributed by atoms with van der Waals surface area (Å²) >= 11 is 0. The predicted octanol–water partition coefficient (Wildman–Crippen LogP) is 1.92. The molecular weight excluding hydrogens is 252 g/mol. The monoisotopic (exact) mass is 266 g/mol. The number of aromatic nitrogens is 5. The van der Waals surface area contributed by atoms with Crippen LogP contribution in [0.15, 0.2) is 36.5 Å². The van der Waals surface area contributed by atoms with E-state index < -0.39 is 0 Å². The third kappa shape index (κ3) is 2.35. The number of anilines is 1. The second kappa shape index (κ2) is 4.73. The lowest BCUT2D eigenvalue weighted by Gasteiger charge is -2.01. The molecule has 2 aromatic heterocycles. The first kappa shape index (κ1) is 12.3. The van der Waals surface area contributed by atoms with E-state index in [1.165, 1.54) is 0 Å². The number of hydrogen-bond donors (Lipinski definition) is 1. The van der Waals surface area contributed by atoms with Crippen molar-refractivity contribution >= 4 is 5.69 Å². The Morgan fingerprint density at radius 2 is 1.65 bits per heavy atom. The molecular formula is C14H14N6. The zero-order valence-electron chi connectivity index (χ0n) is 11.3. The van der Waals surface area contributed by atoms with Crippen molar-refractivity contribution in [3.63, 3.8) is 0 Å². The fraction of sp³-hybridized carbons (Fsp3) is 0.143. The Morgan fingerprint density at radius 3 is 2.30 bits per heavy atom. The minimum Gasteiger partial charge on any atom is -0.399 e. The highest BCUT2D eigenvalue weighted by Crippen LogP contribution is 2.18. The van der Waals surface area contributed by atoms with Gasteiger partial charge in [-0.2, -0.15) is 4.68 Å². The zero-order chi connectivity index (χ0) is 14.1. The summed E-state index contributed by atoms with van der Waals surface area (Å²) in [5.41, 5.74) is 9.90. The molecule has 20 heavy (non-hydrogen) atoms. The van der Waals surface area contributed by atoms with Crippen LogP contribution in [0.2, 0.25) is 0 Å². The van der Waals surface area contributed by atoms with Crippen molar-refractivity contribution < 1.29 is 0 Å². The topological polar surface area (TPSA) is 82.5 Å². The van der Waals surface area contributed by atoms with E-state index in [1.807, 2.05) is 44.2 Å². The van der Waals surface area contributed by atoms with E-state index in [0.717, 1.165) is 28.3 Å². The number of nitrogen functional groups attached to an aromatic ring is 1. The van der Waals surface area contributed by atoms with Crippen LogP contribution >= 0.6 is 0 Å². The van der Waals surface area contributed by atoms with Crippen LogP contribution in [-0.4, -0.2) is 25.0 Å². The van der Waals surface area contributed by atoms with Gasteiger partial charge in [0.25, 0.3) is 5.95 Å². The predicted molar refractivity (Wildman–Crippen MR) is 76.3 cm³/mol. The maximum absolute atomic E-state index is 5.67. The molecule has 2 N–H and O–H groups in total. The van der Waals surface area contributed by atoms with Gasteiger partial charge in [-0.25, -0.2) is 9.97 Å². The van der Waals surface area contributed by atoms with Gasteiger partial charge in [0.1, 0.15) is 5.69 Å². The first-order chi connectivity index (χ1) is 9.61. The highest BCUT2D eigenvalue weighted by atomic mass is 15.5. The largest absolute Gasteiger partial charge is 0.399 e. The summed E-state index contributed by atoms with van der Waals surface area (Å²) in [4.78, 5) is 8.71. The molecule has 0 bridgehead atoms. The molecule has 100 valence electrons. The van der Waals surface area contributed by atoms with E-state index in [2.05, 4.69) is 20.3 Å². The van der Waals surface area contributed by atoms with E-state index >= 15 is 0 Å². The summed E-state index contributed by atoms with van der Waals surface area (Å²) in [7, 11) is 0. The average Bonchev–Trinajstić information content (AvgIpc) is 2.88. The summed E-state index contributed by atoms with van der Waals surface area (Å²) in [6, 6.07) is 9.41. The molecule has 0 unspecified atom stereocenters. The quantitative estimate of drug-likeness (QED) is 0.716. The lowest BCUT2D eigenvalue weighted by molar-refractivity contribution is 0.746. The van der Waals surface area contributed by atoms with E-state index in [1.54, 1.807) is 10.9 Å². The van der Waals surface area contributed by atoms with Crippen LogP contribution in [0.3, 0.4) is 0 Å². The second-order valence-corrected chi connectivity index (χ2v) is 4.62. The van der Waals surface area contributed by atoms with Gasteiger partial charge >= 0.3 is 0 Å². The third-order valence-electron chi connectivity index (χ3n) is 2.88. The minimum atomic E-state index is 0.525. The molecule has 0 aliphatic heterocycles. The number of hydrogen-bond acceptors (Lipinski definition) is 5. The van der Waals surface area contributed by atoms with Crippen LogP contribution in [-0.2, 0) is 0 Å². The smallest absolute Gasteiger partial charge is 0.252 e. The van der Waals surface area contributed by atoms with Crippen molar-refractivity contribution in [3.05, 3.63) is 47.9 Å². The van der Waals surface area contributed by atoms with Gasteiger partial charge in [0, 0.05) is 22.6 Å². The number of nitrogens with two attached hydrogens (primary N) is 1. The third-order valence-corrected chi connectivity index (χ3v) is 2.88. The normalized spacial score (nSPS) is 10.7. The highest BCUT2D eigenvalue weighted by molar-refractivity contribution is 5.60. The molecule has 6 heteroatoms. The van der Waals surface area contributed by atoms with Gasteiger partial charge in [0.05, 0.1) is 6.20 Å². The van der Waals surface area contributed by atoms with Gasteiger partial charge in [0.15, 0.2) is 0 Å². The van der Waals surface area contributed by atoms with Crippen molar-refractivity contribution in [1.29, 1.82) is 0 Å². The van der Waals surface area contributed by atoms with E-state index in [0.29, 0.717) is 5.95 Å². The molecule has 0 amide bonds. The summed E-state index contributed by atoms with van der Waals surface area (Å²) in [5.74, 6) is 0.525. The molecule has 0 aliphatic carbocycles. The summed E-state index contributed by atoms with van der Waals surface area (Å²) in [6.45, 7) is 3.85. The molecule has 6 nitrogen and oxygen atoms in total. The molecule has 3 aromatic rings. The summed E-state index contributed by atoms with van der Waals surface area (Å²) < 4.78 is 1.58. The van der Waals surface area contributed by atoms with Crippen molar-refractivity contribution in [2.75, 3.05) is 5.73 Å². The Labute approximate surface area is 116 Å². The van der Waals surface area contributed by atoms with Crippen LogP contribution in [0.25, 0.3) is 17.2 Å². The molecule has 0 fully saturated rings. The second-order valence-electron chi connectivity index (χ2n) is 4.62. The number of nitrogens with zero attached hydrogens (tertiary/aromatic N) is 5. The molecule has 2 heterocycles. The number of rotatable bonds is 2. The molecule has 0 saturated heterocycles. The molecule has 0 atom stereocenters. The van der Waals surface area contributed by atoms with Crippen molar-refractivity contribution in [2.24, 2.45) is 0 Å². The van der Waals surface area contributed by atoms with Gasteiger partial charge < -0.3 is 5.73 Å². The van der Waals surface area contributed by atoms with E-state index in [9.17, 15) is 0 Å². The zero-order valence-corrected chi connectivity index (χ0v) is 11.3. The van der Waals surface area contributed by atoms with E-state index in [4.69, 9.17) is 5.73 Å². The van der Waals surface area contributed by atoms with Crippen LogP contribution < -0.4 is 5.73 Å². The minimum absolute atomic E-state index is 0.525. The van der Waals surface area contributed by atoms with Gasteiger partial charge in [-0.15, -0.1) is 5.10 Å². The molecule has 0 spiro atoms.